The number of aliphatic hydroxyl groups excluding tert-OH is 1. The number of likely N-dealkylation sites (tertiary alicyclic amines) is 1. The predicted molar refractivity (Wildman–Crippen MR) is 140 cm³/mol. The molecule has 37 heavy (non-hydrogen) atoms. The van der Waals surface area contributed by atoms with Gasteiger partial charge in [0.15, 0.2) is 11.5 Å². The highest BCUT2D eigenvalue weighted by molar-refractivity contribution is 5.89. The quantitative estimate of drug-likeness (QED) is 0.570. The van der Waals surface area contributed by atoms with E-state index in [4.69, 9.17) is 14.2 Å². The molecular weight excluding hydrogens is 470 g/mol. The Labute approximate surface area is 217 Å². The number of ether oxygens (including phenoxy) is 3. The van der Waals surface area contributed by atoms with Gasteiger partial charge in [-0.05, 0) is 48.2 Å². The number of benzene rings is 2. The third-order valence-corrected chi connectivity index (χ3v) is 8.62. The van der Waals surface area contributed by atoms with E-state index in [1.165, 1.54) is 10.9 Å². The van der Waals surface area contributed by atoms with Crippen molar-refractivity contribution in [3.8, 4) is 17.2 Å². The molecule has 1 atom stereocenters. The molecule has 1 spiro atoms. The van der Waals surface area contributed by atoms with Crippen molar-refractivity contribution in [2.75, 3.05) is 40.1 Å². The van der Waals surface area contributed by atoms with Crippen LogP contribution in [0.5, 0.6) is 17.2 Å². The molecular formula is C29H35N3O5. The van der Waals surface area contributed by atoms with Crippen LogP contribution in [0.1, 0.15) is 49.0 Å². The molecule has 6 rings (SSSR count). The normalized spacial score (nSPS) is 20.4. The fraction of sp³-hybridized carbons (Fsp3) is 0.483. The second kappa shape index (κ2) is 9.26. The van der Waals surface area contributed by atoms with Crippen LogP contribution in [0.25, 0.3) is 10.9 Å². The van der Waals surface area contributed by atoms with Crippen LogP contribution in [0.4, 0.5) is 0 Å². The number of fused-ring (bicyclic) bond motifs is 5. The molecule has 3 aliphatic rings. The number of hydrogen-bond acceptors (Lipinski definition) is 6. The molecule has 0 saturated carbocycles. The van der Waals surface area contributed by atoms with Gasteiger partial charge in [0.2, 0.25) is 12.7 Å². The summed E-state index contributed by atoms with van der Waals surface area (Å²) in [5.74, 6) is 2.59. The summed E-state index contributed by atoms with van der Waals surface area (Å²) in [6.45, 7) is 5.21. The summed E-state index contributed by atoms with van der Waals surface area (Å²) < 4.78 is 18.9. The predicted octanol–water partition coefficient (Wildman–Crippen LogP) is 3.74. The summed E-state index contributed by atoms with van der Waals surface area (Å²) in [4.78, 5) is 16.9. The summed E-state index contributed by atoms with van der Waals surface area (Å²) in [5.41, 5.74) is 4.61. The third-order valence-electron chi connectivity index (χ3n) is 8.62. The molecule has 0 radical (unpaired) electrons. The zero-order chi connectivity index (χ0) is 25.7. The number of rotatable bonds is 5. The van der Waals surface area contributed by atoms with Crippen molar-refractivity contribution in [1.82, 2.24) is 14.4 Å². The van der Waals surface area contributed by atoms with E-state index in [-0.39, 0.29) is 30.8 Å². The van der Waals surface area contributed by atoms with Gasteiger partial charge in [-0.25, -0.2) is 0 Å². The van der Waals surface area contributed by atoms with Gasteiger partial charge in [-0.1, -0.05) is 13.0 Å². The van der Waals surface area contributed by atoms with Crippen molar-refractivity contribution in [1.29, 1.82) is 0 Å². The van der Waals surface area contributed by atoms with E-state index in [1.54, 1.807) is 7.11 Å². The highest BCUT2D eigenvalue weighted by Gasteiger charge is 2.48. The summed E-state index contributed by atoms with van der Waals surface area (Å²) >= 11 is 0. The number of piperidine rings is 1. The molecule has 8 nitrogen and oxygen atoms in total. The van der Waals surface area contributed by atoms with Crippen LogP contribution in [-0.4, -0.2) is 65.5 Å². The molecule has 2 aromatic carbocycles. The van der Waals surface area contributed by atoms with Crippen LogP contribution in [0.15, 0.2) is 36.4 Å². The Hall–Kier alpha value is -3.23. The molecule has 3 aliphatic heterocycles. The Bertz CT molecular complexity index is 1340. The fourth-order valence-corrected chi connectivity index (χ4v) is 6.72. The Kier molecular flexibility index (Phi) is 6.04. The molecule has 1 N–H and O–H groups in total. The largest absolute Gasteiger partial charge is 0.497 e. The summed E-state index contributed by atoms with van der Waals surface area (Å²) in [6, 6.07) is 12.2. The van der Waals surface area contributed by atoms with E-state index < -0.39 is 0 Å². The number of nitrogens with zero attached hydrogens (tertiary/aromatic N) is 3. The Morgan fingerprint density at radius 1 is 1.14 bits per heavy atom. The van der Waals surface area contributed by atoms with Gasteiger partial charge in [0.05, 0.1) is 25.3 Å². The fourth-order valence-electron chi connectivity index (χ4n) is 6.72. The summed E-state index contributed by atoms with van der Waals surface area (Å²) in [6.07, 6.45) is 2.33. The average molecular weight is 506 g/mol. The summed E-state index contributed by atoms with van der Waals surface area (Å²) in [5, 5.41) is 12.0. The lowest BCUT2D eigenvalue weighted by Crippen LogP contribution is -2.54. The first-order valence-corrected chi connectivity index (χ1v) is 13.2. The molecule has 1 saturated heterocycles. The van der Waals surface area contributed by atoms with Crippen molar-refractivity contribution in [2.45, 2.75) is 44.2 Å². The molecule has 1 amide bonds. The SMILES string of the molecule is CCC(=O)N1CCC2(CC1)CN(Cc1ccc3c(c1)OCO3)[C@H](CO)c1c2c2ccc(OC)cc2n1C. The molecule has 196 valence electrons. The van der Waals surface area contributed by atoms with E-state index in [9.17, 15) is 9.90 Å². The van der Waals surface area contributed by atoms with E-state index >= 15 is 0 Å². The van der Waals surface area contributed by atoms with Gasteiger partial charge in [0.25, 0.3) is 0 Å². The number of aliphatic hydroxyl groups is 1. The third kappa shape index (κ3) is 3.85. The Balaban J connectivity index is 1.45. The van der Waals surface area contributed by atoms with E-state index in [0.29, 0.717) is 13.0 Å². The average Bonchev–Trinajstić information content (AvgIpc) is 3.51. The minimum Gasteiger partial charge on any atom is -0.497 e. The van der Waals surface area contributed by atoms with Gasteiger partial charge < -0.3 is 28.8 Å². The van der Waals surface area contributed by atoms with Crippen molar-refractivity contribution in [2.24, 2.45) is 7.05 Å². The van der Waals surface area contributed by atoms with Crippen LogP contribution in [0.3, 0.4) is 0 Å². The first-order valence-electron chi connectivity index (χ1n) is 13.2. The van der Waals surface area contributed by atoms with Crippen LogP contribution in [-0.2, 0) is 23.8 Å². The molecule has 8 heteroatoms. The van der Waals surface area contributed by atoms with Gasteiger partial charge >= 0.3 is 0 Å². The molecule has 1 fully saturated rings. The zero-order valence-electron chi connectivity index (χ0n) is 21.8. The Morgan fingerprint density at radius 3 is 2.65 bits per heavy atom. The Morgan fingerprint density at radius 2 is 1.92 bits per heavy atom. The van der Waals surface area contributed by atoms with E-state index in [2.05, 4.69) is 34.7 Å². The van der Waals surface area contributed by atoms with Crippen LogP contribution < -0.4 is 14.2 Å². The molecule has 4 heterocycles. The molecule has 0 bridgehead atoms. The number of carbonyl (C=O) groups is 1. The number of aromatic nitrogens is 1. The smallest absolute Gasteiger partial charge is 0.231 e. The van der Waals surface area contributed by atoms with Gasteiger partial charge in [0.1, 0.15) is 5.75 Å². The lowest BCUT2D eigenvalue weighted by molar-refractivity contribution is -0.132. The number of carbonyl (C=O) groups excluding carboxylic acids is 1. The van der Waals surface area contributed by atoms with Crippen LogP contribution in [0.2, 0.25) is 0 Å². The van der Waals surface area contributed by atoms with Gasteiger partial charge in [-0.3, -0.25) is 9.69 Å². The first kappa shape index (κ1) is 24.1. The minimum atomic E-state index is -0.148. The monoisotopic (exact) mass is 505 g/mol. The second-order valence-electron chi connectivity index (χ2n) is 10.5. The summed E-state index contributed by atoms with van der Waals surface area (Å²) in [7, 11) is 3.78. The van der Waals surface area contributed by atoms with Crippen molar-refractivity contribution < 1.29 is 24.1 Å². The van der Waals surface area contributed by atoms with E-state index in [1.807, 2.05) is 30.0 Å². The molecule has 0 unspecified atom stereocenters. The van der Waals surface area contributed by atoms with Crippen molar-refractivity contribution in [3.63, 3.8) is 0 Å². The van der Waals surface area contributed by atoms with Gasteiger partial charge in [0, 0.05) is 62.2 Å². The molecule has 0 aliphatic carbocycles. The number of aryl methyl sites for hydroxylation is 1. The highest BCUT2D eigenvalue weighted by atomic mass is 16.7. The zero-order valence-corrected chi connectivity index (χ0v) is 21.8. The maximum absolute atomic E-state index is 12.5. The topological polar surface area (TPSA) is 76.4 Å². The first-order chi connectivity index (χ1) is 18.0. The lowest BCUT2D eigenvalue weighted by Gasteiger charge is -2.50. The maximum Gasteiger partial charge on any atom is 0.231 e. The van der Waals surface area contributed by atoms with Gasteiger partial charge in [-0.2, -0.15) is 0 Å². The molecule has 1 aromatic heterocycles. The lowest BCUT2D eigenvalue weighted by atomic mass is 9.68. The van der Waals surface area contributed by atoms with Crippen LogP contribution >= 0.6 is 0 Å². The maximum atomic E-state index is 12.5. The van der Waals surface area contributed by atoms with Crippen LogP contribution in [0, 0.1) is 0 Å². The number of amides is 1. The minimum absolute atomic E-state index is 0.0232. The number of methoxy groups -OCH3 is 1. The van der Waals surface area contributed by atoms with E-state index in [0.717, 1.165) is 66.5 Å². The number of hydrogen-bond donors (Lipinski definition) is 1. The highest BCUT2D eigenvalue weighted by Crippen LogP contribution is 2.50. The second-order valence-corrected chi connectivity index (χ2v) is 10.5. The van der Waals surface area contributed by atoms with Crippen molar-refractivity contribution >= 4 is 16.8 Å². The van der Waals surface area contributed by atoms with Crippen molar-refractivity contribution in [3.05, 3.63) is 53.2 Å². The standard InChI is InChI=1S/C29H35N3O5/c1-4-26(34)31-11-9-29(10-12-31)17-32(15-19-5-8-24-25(13-19)37-18-36-24)23(16-33)28-27(29)21-7-6-20(35-3)14-22(21)30(28)2/h5-8,13-14,23,33H,4,9-12,15-18H2,1-3H3/t23-/m1/s1. The van der Waals surface area contributed by atoms with Gasteiger partial charge in [-0.15, -0.1) is 0 Å². The molecule has 3 aromatic rings.